The van der Waals surface area contributed by atoms with Crippen molar-refractivity contribution < 1.29 is 0 Å². The Kier molecular flexibility index (Phi) is 6.49. The molecule has 0 aliphatic carbocycles. The van der Waals surface area contributed by atoms with Crippen LogP contribution in [-0.2, 0) is 6.42 Å². The van der Waals surface area contributed by atoms with Gasteiger partial charge in [0, 0.05) is 11.4 Å². The number of benzene rings is 2. The van der Waals surface area contributed by atoms with Gasteiger partial charge >= 0.3 is 0 Å². The number of hydrogen-bond acceptors (Lipinski definition) is 2. The first-order valence-electron chi connectivity index (χ1n) is 6.21. The van der Waals surface area contributed by atoms with Gasteiger partial charge < -0.3 is 10.7 Å². The summed E-state index contributed by atoms with van der Waals surface area (Å²) in [7, 11) is 0. The molecule has 0 aliphatic heterocycles. The smallest absolute Gasteiger partial charge is 0.108 e. The Morgan fingerprint density at radius 3 is 2.33 bits per heavy atom. The zero-order valence-corrected chi connectivity index (χ0v) is 13.6. The lowest BCUT2D eigenvalue weighted by Crippen LogP contribution is -2.03. The Morgan fingerprint density at radius 1 is 1.00 bits per heavy atom. The predicted octanol–water partition coefficient (Wildman–Crippen LogP) is 4.23. The molecule has 0 saturated heterocycles. The molecule has 0 radical (unpaired) electrons. The lowest BCUT2D eigenvalue weighted by molar-refractivity contribution is 0.900. The number of fused-ring (bicyclic) bond motifs is 1. The van der Waals surface area contributed by atoms with Gasteiger partial charge in [-0.05, 0) is 41.9 Å². The maximum absolute atomic E-state index is 5.90. The number of aromatic nitrogens is 2. The average Bonchev–Trinajstić information content (AvgIpc) is 2.81. The lowest BCUT2D eigenvalue weighted by Gasteiger charge is -2.01. The second-order valence-corrected chi connectivity index (χ2v) is 4.90. The van der Waals surface area contributed by atoms with Crippen LogP contribution < -0.4 is 5.73 Å². The van der Waals surface area contributed by atoms with Gasteiger partial charge in [-0.15, -0.1) is 24.8 Å². The topological polar surface area (TPSA) is 54.7 Å². The molecule has 112 valence electrons. The zero-order chi connectivity index (χ0) is 13.2. The van der Waals surface area contributed by atoms with E-state index < -0.39 is 0 Å². The summed E-state index contributed by atoms with van der Waals surface area (Å²) in [4.78, 5) is 7.80. The largest absolute Gasteiger partial charge is 0.342 e. The minimum absolute atomic E-state index is 0. The van der Waals surface area contributed by atoms with E-state index >= 15 is 0 Å². The monoisotopic (exact) mass is 343 g/mol. The number of nitrogens with two attached hydrogens (primary N) is 1. The summed E-state index contributed by atoms with van der Waals surface area (Å²) >= 11 is 5.90. The van der Waals surface area contributed by atoms with E-state index in [1.165, 1.54) is 0 Å². The molecule has 0 amide bonds. The van der Waals surface area contributed by atoms with E-state index in [2.05, 4.69) is 22.1 Å². The highest BCUT2D eigenvalue weighted by Crippen LogP contribution is 2.24. The minimum atomic E-state index is 0. The van der Waals surface area contributed by atoms with E-state index in [-0.39, 0.29) is 24.8 Å². The Labute approximate surface area is 140 Å². The van der Waals surface area contributed by atoms with Gasteiger partial charge in [-0.25, -0.2) is 4.98 Å². The fraction of sp³-hybridized carbons (Fsp3) is 0.133. The molecule has 0 aliphatic rings. The van der Waals surface area contributed by atoms with Crippen LogP contribution in [0.5, 0.6) is 0 Å². The second-order valence-electron chi connectivity index (χ2n) is 4.46. The molecule has 3 rings (SSSR count). The van der Waals surface area contributed by atoms with E-state index in [0.717, 1.165) is 39.4 Å². The van der Waals surface area contributed by atoms with E-state index in [9.17, 15) is 0 Å². The maximum Gasteiger partial charge on any atom is 0.108 e. The molecular weight excluding hydrogens is 329 g/mol. The number of halogens is 3. The molecule has 3 aromatic rings. The summed E-state index contributed by atoms with van der Waals surface area (Å²) in [6, 6.07) is 14.0. The maximum atomic E-state index is 5.90. The molecule has 0 bridgehead atoms. The summed E-state index contributed by atoms with van der Waals surface area (Å²) in [6.45, 7) is 0.601. The van der Waals surface area contributed by atoms with Crippen molar-refractivity contribution in [2.24, 2.45) is 5.73 Å². The lowest BCUT2D eigenvalue weighted by atomic mass is 10.1. The van der Waals surface area contributed by atoms with Crippen molar-refractivity contribution in [1.29, 1.82) is 0 Å². The normalized spacial score (nSPS) is 10.0. The molecule has 6 heteroatoms. The fourth-order valence-electron chi connectivity index (χ4n) is 2.14. The Morgan fingerprint density at radius 2 is 1.67 bits per heavy atom. The van der Waals surface area contributed by atoms with Crippen molar-refractivity contribution in [3.63, 3.8) is 0 Å². The molecule has 0 fully saturated rings. The second kappa shape index (κ2) is 7.66. The number of H-pyrrole nitrogens is 1. The van der Waals surface area contributed by atoms with Crippen molar-refractivity contribution in [2.75, 3.05) is 6.54 Å². The summed E-state index contributed by atoms with van der Waals surface area (Å²) in [5.41, 5.74) is 9.84. The molecule has 1 aromatic heterocycles. The van der Waals surface area contributed by atoms with Gasteiger partial charge in [0.15, 0.2) is 0 Å². The van der Waals surface area contributed by atoms with Crippen molar-refractivity contribution in [3.8, 4) is 11.1 Å². The highest BCUT2D eigenvalue weighted by Gasteiger charge is 2.04. The minimum Gasteiger partial charge on any atom is -0.342 e. The highest BCUT2D eigenvalue weighted by atomic mass is 35.5. The molecule has 2 aromatic carbocycles. The van der Waals surface area contributed by atoms with Crippen LogP contribution in [0.2, 0.25) is 5.02 Å². The van der Waals surface area contributed by atoms with Crippen molar-refractivity contribution in [3.05, 3.63) is 53.3 Å². The van der Waals surface area contributed by atoms with Crippen LogP contribution >= 0.6 is 36.4 Å². The summed E-state index contributed by atoms with van der Waals surface area (Å²) in [6.07, 6.45) is 0.769. The number of rotatable bonds is 3. The number of nitrogens with zero attached hydrogens (tertiary/aromatic N) is 1. The van der Waals surface area contributed by atoms with Crippen molar-refractivity contribution >= 4 is 47.4 Å². The third-order valence-corrected chi connectivity index (χ3v) is 3.34. The molecule has 1 heterocycles. The van der Waals surface area contributed by atoms with Gasteiger partial charge in [-0.3, -0.25) is 0 Å². The summed E-state index contributed by atoms with van der Waals surface area (Å²) in [5, 5.41) is 0.747. The van der Waals surface area contributed by atoms with Crippen LogP contribution in [0, 0.1) is 0 Å². The highest BCUT2D eigenvalue weighted by molar-refractivity contribution is 6.30. The predicted molar refractivity (Wildman–Crippen MR) is 93.8 cm³/mol. The molecule has 21 heavy (non-hydrogen) atoms. The van der Waals surface area contributed by atoms with Gasteiger partial charge in [0.05, 0.1) is 11.0 Å². The third kappa shape index (κ3) is 3.89. The number of nitrogens with one attached hydrogen (secondary N) is 1. The molecule has 3 nitrogen and oxygen atoms in total. The Bertz CT molecular complexity index is 708. The van der Waals surface area contributed by atoms with E-state index in [1.54, 1.807) is 0 Å². The molecule has 0 atom stereocenters. The van der Waals surface area contributed by atoms with Gasteiger partial charge in [-0.1, -0.05) is 29.8 Å². The fourth-order valence-corrected chi connectivity index (χ4v) is 2.27. The molecule has 0 spiro atoms. The summed E-state index contributed by atoms with van der Waals surface area (Å²) < 4.78 is 0. The van der Waals surface area contributed by atoms with Crippen LogP contribution in [0.15, 0.2) is 42.5 Å². The summed E-state index contributed by atoms with van der Waals surface area (Å²) in [5.74, 6) is 0.936. The van der Waals surface area contributed by atoms with Gasteiger partial charge in [0.1, 0.15) is 5.82 Å². The third-order valence-electron chi connectivity index (χ3n) is 3.09. The first-order valence-corrected chi connectivity index (χ1v) is 6.59. The molecule has 0 unspecified atom stereocenters. The number of hydrogen-bond donors (Lipinski definition) is 2. The van der Waals surface area contributed by atoms with Crippen LogP contribution in [0.25, 0.3) is 22.2 Å². The van der Waals surface area contributed by atoms with Gasteiger partial charge in [-0.2, -0.15) is 0 Å². The Hall–Kier alpha value is -1.26. The van der Waals surface area contributed by atoms with E-state index in [0.29, 0.717) is 6.54 Å². The quantitative estimate of drug-likeness (QED) is 0.747. The standard InChI is InChI=1S/C15H14ClN3.2ClH/c16-12-4-1-10(2-5-12)11-3-6-13-14(9-11)19-15(18-13)7-8-17;;/h1-6,9H,7-8,17H2,(H,18,19);2*1H. The molecule has 0 saturated carbocycles. The molecular formula is C15H16Cl3N3. The Balaban J connectivity index is 0.00000110. The van der Waals surface area contributed by atoms with Crippen molar-refractivity contribution in [2.45, 2.75) is 6.42 Å². The van der Waals surface area contributed by atoms with Crippen LogP contribution in [0.3, 0.4) is 0 Å². The van der Waals surface area contributed by atoms with Crippen LogP contribution in [0.4, 0.5) is 0 Å². The van der Waals surface area contributed by atoms with Gasteiger partial charge in [0.25, 0.3) is 0 Å². The van der Waals surface area contributed by atoms with Crippen LogP contribution in [-0.4, -0.2) is 16.5 Å². The average molecular weight is 345 g/mol. The first kappa shape index (κ1) is 17.8. The van der Waals surface area contributed by atoms with Gasteiger partial charge in [0.2, 0.25) is 0 Å². The SMILES string of the molecule is Cl.Cl.NCCc1nc2ccc(-c3ccc(Cl)cc3)cc2[nH]1. The zero-order valence-electron chi connectivity index (χ0n) is 11.2. The van der Waals surface area contributed by atoms with Crippen molar-refractivity contribution in [1.82, 2.24) is 9.97 Å². The number of imidazole rings is 1. The first-order chi connectivity index (χ1) is 9.26. The molecule has 3 N–H and O–H groups in total. The van der Waals surface area contributed by atoms with E-state index in [1.807, 2.05) is 30.3 Å². The van der Waals surface area contributed by atoms with Crippen LogP contribution in [0.1, 0.15) is 5.82 Å². The number of aromatic amines is 1. The van der Waals surface area contributed by atoms with E-state index in [4.69, 9.17) is 17.3 Å².